The Kier molecular flexibility index (Phi) is 3.93. The third-order valence-electron chi connectivity index (χ3n) is 4.27. The maximum Gasteiger partial charge on any atom is 0.0225 e. The van der Waals surface area contributed by atoms with Crippen molar-refractivity contribution in [1.82, 2.24) is 9.88 Å². The predicted molar refractivity (Wildman–Crippen MR) is 73.1 cm³/mol. The first kappa shape index (κ1) is 12.7. The van der Waals surface area contributed by atoms with Gasteiger partial charge in [-0.1, -0.05) is 19.8 Å². The molecule has 1 aliphatic rings. The van der Waals surface area contributed by atoms with Gasteiger partial charge in [-0.15, -0.1) is 0 Å². The topological polar surface area (TPSA) is 17.0 Å². The van der Waals surface area contributed by atoms with Crippen molar-refractivity contribution in [3.8, 4) is 0 Å². The lowest BCUT2D eigenvalue weighted by Gasteiger charge is -2.16. The maximum atomic E-state index is 3.73. The van der Waals surface area contributed by atoms with Crippen LogP contribution < -0.4 is 5.32 Å². The Morgan fingerprint density at radius 1 is 1.41 bits per heavy atom. The molecule has 1 aromatic rings. The molecule has 1 N–H and O–H groups in total. The second kappa shape index (κ2) is 5.26. The Morgan fingerprint density at radius 3 is 2.59 bits per heavy atom. The molecule has 1 heterocycles. The number of hydrogen-bond donors (Lipinski definition) is 1. The van der Waals surface area contributed by atoms with Crippen LogP contribution >= 0.6 is 0 Å². The van der Waals surface area contributed by atoms with Crippen molar-refractivity contribution in [2.24, 2.45) is 13.0 Å². The smallest absolute Gasteiger partial charge is 0.0225 e. The molecule has 0 bridgehead atoms. The van der Waals surface area contributed by atoms with Crippen LogP contribution in [0.4, 0.5) is 0 Å². The molecule has 1 aromatic heterocycles. The van der Waals surface area contributed by atoms with Crippen LogP contribution in [0, 0.1) is 19.8 Å². The molecule has 1 atom stereocenters. The number of aromatic nitrogens is 1. The van der Waals surface area contributed by atoms with Crippen molar-refractivity contribution in [3.63, 3.8) is 0 Å². The minimum atomic E-state index is 0.711. The van der Waals surface area contributed by atoms with Gasteiger partial charge in [0.1, 0.15) is 0 Å². The van der Waals surface area contributed by atoms with E-state index in [1.165, 1.54) is 42.6 Å². The van der Waals surface area contributed by atoms with Crippen LogP contribution in [0.15, 0.2) is 6.07 Å². The van der Waals surface area contributed by atoms with Gasteiger partial charge in [-0.3, -0.25) is 0 Å². The third kappa shape index (κ3) is 3.12. The molecule has 2 rings (SSSR count). The van der Waals surface area contributed by atoms with E-state index in [-0.39, 0.29) is 0 Å². The maximum absolute atomic E-state index is 3.73. The highest BCUT2D eigenvalue weighted by Gasteiger charge is 2.24. The summed E-state index contributed by atoms with van der Waals surface area (Å²) in [6.45, 7) is 7.71. The van der Waals surface area contributed by atoms with E-state index in [0.29, 0.717) is 6.04 Å². The van der Waals surface area contributed by atoms with Gasteiger partial charge in [0.25, 0.3) is 0 Å². The van der Waals surface area contributed by atoms with Crippen LogP contribution in [0.5, 0.6) is 0 Å². The molecule has 17 heavy (non-hydrogen) atoms. The summed E-state index contributed by atoms with van der Waals surface area (Å²) in [6.07, 6.45) is 5.55. The quantitative estimate of drug-likeness (QED) is 0.799. The lowest BCUT2D eigenvalue weighted by atomic mass is 10.1. The van der Waals surface area contributed by atoms with Crippen LogP contribution in [-0.4, -0.2) is 10.6 Å². The van der Waals surface area contributed by atoms with Gasteiger partial charge in [-0.25, -0.2) is 0 Å². The zero-order valence-electron chi connectivity index (χ0n) is 11.7. The van der Waals surface area contributed by atoms with E-state index in [4.69, 9.17) is 0 Å². The monoisotopic (exact) mass is 234 g/mol. The highest BCUT2D eigenvalue weighted by atomic mass is 15.0. The minimum Gasteiger partial charge on any atom is -0.352 e. The summed E-state index contributed by atoms with van der Waals surface area (Å²) in [6, 6.07) is 3.02. The zero-order chi connectivity index (χ0) is 12.4. The average Bonchev–Trinajstić information content (AvgIpc) is 3.10. The highest BCUT2D eigenvalue weighted by molar-refractivity contribution is 5.26. The Labute approximate surface area is 105 Å². The van der Waals surface area contributed by atoms with Crippen LogP contribution in [-0.2, 0) is 13.6 Å². The van der Waals surface area contributed by atoms with Gasteiger partial charge in [0.2, 0.25) is 0 Å². The van der Waals surface area contributed by atoms with Crippen molar-refractivity contribution in [1.29, 1.82) is 0 Å². The van der Waals surface area contributed by atoms with Gasteiger partial charge >= 0.3 is 0 Å². The lowest BCUT2D eigenvalue weighted by molar-refractivity contribution is 0.444. The molecular weight excluding hydrogens is 208 g/mol. The summed E-state index contributed by atoms with van der Waals surface area (Å²) < 4.78 is 2.28. The minimum absolute atomic E-state index is 0.711. The Balaban J connectivity index is 1.88. The van der Waals surface area contributed by atoms with Crippen LogP contribution in [0.1, 0.15) is 49.6 Å². The Bertz CT molecular complexity index is 375. The van der Waals surface area contributed by atoms with Gasteiger partial charge in [0.15, 0.2) is 0 Å². The third-order valence-corrected chi connectivity index (χ3v) is 4.27. The van der Waals surface area contributed by atoms with Crippen molar-refractivity contribution >= 4 is 0 Å². The summed E-state index contributed by atoms with van der Waals surface area (Å²) in [7, 11) is 2.15. The number of aryl methyl sites for hydroxylation is 1. The van der Waals surface area contributed by atoms with E-state index in [1.807, 2.05) is 0 Å². The van der Waals surface area contributed by atoms with Crippen molar-refractivity contribution in [3.05, 3.63) is 23.0 Å². The van der Waals surface area contributed by atoms with Gasteiger partial charge in [-0.05, 0) is 44.2 Å². The summed E-state index contributed by atoms with van der Waals surface area (Å²) in [5.74, 6) is 1.02. The number of nitrogens with zero attached hydrogens (tertiary/aromatic N) is 1. The van der Waals surface area contributed by atoms with Crippen molar-refractivity contribution in [2.75, 3.05) is 0 Å². The van der Waals surface area contributed by atoms with Crippen LogP contribution in [0.2, 0.25) is 0 Å². The van der Waals surface area contributed by atoms with E-state index in [9.17, 15) is 0 Å². The average molecular weight is 234 g/mol. The molecule has 0 aromatic carbocycles. The second-order valence-electron chi connectivity index (χ2n) is 5.62. The SMILES string of the molecule is CCC(CC1CC1)NCc1cc(C)n(C)c1C. The van der Waals surface area contributed by atoms with E-state index in [2.05, 4.69) is 43.8 Å². The first-order chi connectivity index (χ1) is 8.11. The second-order valence-corrected chi connectivity index (χ2v) is 5.62. The molecule has 2 heteroatoms. The van der Waals surface area contributed by atoms with Gasteiger partial charge in [-0.2, -0.15) is 0 Å². The van der Waals surface area contributed by atoms with Gasteiger partial charge < -0.3 is 9.88 Å². The molecular formula is C15H26N2. The lowest BCUT2D eigenvalue weighted by Crippen LogP contribution is -2.28. The molecule has 0 radical (unpaired) electrons. The summed E-state index contributed by atoms with van der Waals surface area (Å²) >= 11 is 0. The van der Waals surface area contributed by atoms with Crippen molar-refractivity contribution in [2.45, 2.75) is 59.0 Å². The normalized spacial score (nSPS) is 17.4. The number of nitrogens with one attached hydrogen (secondary N) is 1. The van der Waals surface area contributed by atoms with Crippen molar-refractivity contribution < 1.29 is 0 Å². The first-order valence-corrected chi connectivity index (χ1v) is 6.97. The largest absolute Gasteiger partial charge is 0.352 e. The van der Waals surface area contributed by atoms with E-state index in [0.717, 1.165) is 12.5 Å². The molecule has 1 saturated carbocycles. The molecule has 1 aliphatic carbocycles. The molecule has 0 aliphatic heterocycles. The van der Waals surface area contributed by atoms with E-state index >= 15 is 0 Å². The zero-order valence-corrected chi connectivity index (χ0v) is 11.7. The summed E-state index contributed by atoms with van der Waals surface area (Å²) in [5.41, 5.74) is 4.21. The van der Waals surface area contributed by atoms with Crippen LogP contribution in [0.3, 0.4) is 0 Å². The van der Waals surface area contributed by atoms with Gasteiger partial charge in [0.05, 0.1) is 0 Å². The fourth-order valence-electron chi connectivity index (χ4n) is 2.52. The number of rotatable bonds is 6. The van der Waals surface area contributed by atoms with E-state index in [1.54, 1.807) is 0 Å². The predicted octanol–water partition coefficient (Wildman–Crippen LogP) is 3.31. The first-order valence-electron chi connectivity index (χ1n) is 6.97. The fourth-order valence-corrected chi connectivity index (χ4v) is 2.52. The Hall–Kier alpha value is -0.760. The number of hydrogen-bond acceptors (Lipinski definition) is 1. The molecule has 1 unspecified atom stereocenters. The summed E-state index contributed by atoms with van der Waals surface area (Å²) in [4.78, 5) is 0. The van der Waals surface area contributed by atoms with E-state index < -0.39 is 0 Å². The highest BCUT2D eigenvalue weighted by Crippen LogP contribution is 2.34. The standard InChI is InChI=1S/C15H26N2/c1-5-15(9-13-6-7-13)16-10-14-8-11(2)17(4)12(14)3/h8,13,15-16H,5-7,9-10H2,1-4H3. The molecule has 0 amide bonds. The molecule has 0 saturated heterocycles. The summed E-state index contributed by atoms with van der Waals surface area (Å²) in [5, 5.41) is 3.73. The molecule has 1 fully saturated rings. The fraction of sp³-hybridized carbons (Fsp3) is 0.733. The van der Waals surface area contributed by atoms with Crippen LogP contribution in [0.25, 0.3) is 0 Å². The Morgan fingerprint density at radius 2 is 2.12 bits per heavy atom. The molecule has 96 valence electrons. The van der Waals surface area contributed by atoms with Gasteiger partial charge in [0, 0.05) is 31.0 Å². The molecule has 2 nitrogen and oxygen atoms in total. The molecule has 0 spiro atoms.